The number of aromatic nitrogens is 3. The Morgan fingerprint density at radius 3 is 2.25 bits per heavy atom. The average molecular weight is 370 g/mol. The Kier molecular flexibility index (Phi) is 4.79. The summed E-state index contributed by atoms with van der Waals surface area (Å²) in [7, 11) is 0. The van der Waals surface area contributed by atoms with Gasteiger partial charge in [0.2, 0.25) is 0 Å². The van der Waals surface area contributed by atoms with Gasteiger partial charge in [-0.05, 0) is 37.3 Å². The van der Waals surface area contributed by atoms with Gasteiger partial charge in [-0.1, -0.05) is 36.4 Å². The fraction of sp³-hybridized carbons (Fsp3) is 0.0476. The molecule has 0 unspecified atom stereocenters. The molecule has 2 aromatic heterocycles. The molecule has 28 heavy (non-hydrogen) atoms. The molecule has 0 bridgehead atoms. The first kappa shape index (κ1) is 17.4. The number of rotatable bonds is 4. The van der Waals surface area contributed by atoms with E-state index in [1.807, 2.05) is 67.6 Å². The van der Waals surface area contributed by atoms with E-state index in [9.17, 15) is 4.79 Å². The zero-order chi connectivity index (χ0) is 19.3. The number of pyridine rings is 1. The van der Waals surface area contributed by atoms with Crippen LogP contribution in [-0.4, -0.2) is 21.0 Å². The van der Waals surface area contributed by atoms with Crippen LogP contribution in [0.15, 0.2) is 72.9 Å². The summed E-state index contributed by atoms with van der Waals surface area (Å²) in [6.07, 6.45) is 1.64. The van der Waals surface area contributed by atoms with Crippen molar-refractivity contribution in [1.82, 2.24) is 15.0 Å². The number of carbonyl (C=O) groups excluding carboxylic acids is 1. The van der Waals surface area contributed by atoms with Crippen molar-refractivity contribution in [2.24, 2.45) is 0 Å². The number of benzene rings is 2. The third-order valence-corrected chi connectivity index (χ3v) is 4.05. The minimum Gasteiger partial charge on any atom is -0.339 e. The maximum atomic E-state index is 12.2. The van der Waals surface area contributed by atoms with E-state index in [2.05, 4.69) is 30.9 Å². The maximum absolute atomic E-state index is 12.2. The van der Waals surface area contributed by atoms with Gasteiger partial charge in [0, 0.05) is 11.4 Å². The average Bonchev–Trinajstić information content (AvgIpc) is 2.70. The molecule has 0 spiro atoms. The van der Waals surface area contributed by atoms with Crippen molar-refractivity contribution in [3.05, 3.63) is 78.6 Å². The molecule has 0 aliphatic heterocycles. The summed E-state index contributed by atoms with van der Waals surface area (Å²) >= 11 is 0. The minimum atomic E-state index is -0.342. The monoisotopic (exact) mass is 370 g/mol. The van der Waals surface area contributed by atoms with Gasteiger partial charge in [0.05, 0.1) is 17.6 Å². The Hall–Kier alpha value is -4.00. The number of para-hydroxylation sites is 2. The fourth-order valence-electron chi connectivity index (χ4n) is 2.70. The van der Waals surface area contributed by atoms with E-state index in [1.165, 1.54) is 0 Å². The lowest BCUT2D eigenvalue weighted by molar-refractivity contribution is 0.262. The highest BCUT2D eigenvalue weighted by Gasteiger charge is 2.10. The lowest BCUT2D eigenvalue weighted by Gasteiger charge is -2.11. The van der Waals surface area contributed by atoms with Crippen LogP contribution in [0.1, 0.15) is 5.69 Å². The molecular formula is C21H18N6O. The second-order valence-electron chi connectivity index (χ2n) is 6.16. The fourth-order valence-corrected chi connectivity index (χ4v) is 2.70. The van der Waals surface area contributed by atoms with Crippen LogP contribution in [-0.2, 0) is 0 Å². The first-order valence-corrected chi connectivity index (χ1v) is 8.77. The highest BCUT2D eigenvalue weighted by atomic mass is 16.2. The van der Waals surface area contributed by atoms with Crippen LogP contribution in [0.5, 0.6) is 0 Å². The molecule has 4 rings (SSSR count). The molecule has 4 aromatic rings. The molecule has 138 valence electrons. The van der Waals surface area contributed by atoms with Gasteiger partial charge in [-0.15, -0.1) is 0 Å². The number of aryl methyl sites for hydroxylation is 1. The second kappa shape index (κ2) is 7.71. The van der Waals surface area contributed by atoms with E-state index in [0.717, 1.165) is 5.69 Å². The number of anilines is 4. The number of hydrogen-bond acceptors (Lipinski definition) is 5. The Morgan fingerprint density at radius 1 is 0.857 bits per heavy atom. The van der Waals surface area contributed by atoms with E-state index in [0.29, 0.717) is 34.1 Å². The Labute approximate surface area is 161 Å². The summed E-state index contributed by atoms with van der Waals surface area (Å²) in [5, 5.41) is 8.78. The van der Waals surface area contributed by atoms with Gasteiger partial charge in [0.25, 0.3) is 0 Å². The molecule has 0 aliphatic rings. The van der Waals surface area contributed by atoms with Crippen molar-refractivity contribution in [1.29, 1.82) is 0 Å². The first-order valence-electron chi connectivity index (χ1n) is 8.77. The molecule has 3 N–H and O–H groups in total. The number of nitrogens with one attached hydrogen (secondary N) is 3. The van der Waals surface area contributed by atoms with Gasteiger partial charge >= 0.3 is 6.03 Å². The van der Waals surface area contributed by atoms with Gasteiger partial charge in [-0.3, -0.25) is 0 Å². The third-order valence-electron chi connectivity index (χ3n) is 4.05. The lowest BCUT2D eigenvalue weighted by atomic mass is 10.3. The van der Waals surface area contributed by atoms with E-state index in [1.54, 1.807) is 12.3 Å². The summed E-state index contributed by atoms with van der Waals surface area (Å²) in [5.41, 5.74) is 3.97. The molecular weight excluding hydrogens is 352 g/mol. The minimum absolute atomic E-state index is 0.342. The van der Waals surface area contributed by atoms with Crippen molar-refractivity contribution >= 4 is 40.1 Å². The van der Waals surface area contributed by atoms with Gasteiger partial charge in [-0.2, -0.15) is 0 Å². The van der Waals surface area contributed by atoms with Crippen molar-refractivity contribution < 1.29 is 4.79 Å². The number of nitrogens with zero attached hydrogens (tertiary/aromatic N) is 3. The second-order valence-corrected chi connectivity index (χ2v) is 6.16. The molecule has 0 radical (unpaired) electrons. The van der Waals surface area contributed by atoms with Crippen molar-refractivity contribution in [3.63, 3.8) is 0 Å². The predicted octanol–water partition coefficient (Wildman–Crippen LogP) is 4.72. The van der Waals surface area contributed by atoms with Gasteiger partial charge in [-0.25, -0.2) is 19.7 Å². The number of urea groups is 1. The van der Waals surface area contributed by atoms with Crippen molar-refractivity contribution in [2.75, 3.05) is 16.0 Å². The van der Waals surface area contributed by atoms with E-state index < -0.39 is 0 Å². The molecule has 0 saturated heterocycles. The summed E-state index contributed by atoms with van der Waals surface area (Å²) in [6.45, 7) is 1.82. The molecule has 2 aromatic carbocycles. The topological polar surface area (TPSA) is 91.8 Å². The summed E-state index contributed by atoms with van der Waals surface area (Å²) in [5.74, 6) is 0.605. The summed E-state index contributed by atoms with van der Waals surface area (Å²) in [4.78, 5) is 25.6. The standard InChI is InChI=1S/C21H18N6O/c1-14-17(26-21(28)25-16-10-6-3-7-11-16)12-18-20(23-14)27-19(13-22-18)24-15-8-4-2-5-9-15/h2-13H,1H3,(H,23,24,27)(H2,25,26,28). The Bertz CT molecular complexity index is 1120. The lowest BCUT2D eigenvalue weighted by Crippen LogP contribution is -2.20. The normalized spacial score (nSPS) is 10.5. The number of hydrogen-bond donors (Lipinski definition) is 3. The van der Waals surface area contributed by atoms with Gasteiger partial charge in [0.1, 0.15) is 5.52 Å². The first-order chi connectivity index (χ1) is 13.7. The largest absolute Gasteiger partial charge is 0.339 e. The van der Waals surface area contributed by atoms with E-state index in [-0.39, 0.29) is 6.03 Å². The number of amides is 2. The molecule has 2 heterocycles. The van der Waals surface area contributed by atoms with Crippen LogP contribution < -0.4 is 16.0 Å². The third kappa shape index (κ3) is 4.04. The Morgan fingerprint density at radius 2 is 1.54 bits per heavy atom. The van der Waals surface area contributed by atoms with Crippen LogP contribution in [0.4, 0.5) is 27.7 Å². The maximum Gasteiger partial charge on any atom is 0.323 e. The Balaban J connectivity index is 1.53. The zero-order valence-electron chi connectivity index (χ0n) is 15.2. The van der Waals surface area contributed by atoms with Gasteiger partial charge in [0.15, 0.2) is 11.5 Å². The molecule has 0 saturated carbocycles. The molecule has 2 amide bonds. The SMILES string of the molecule is Cc1nc2nc(Nc3ccccc3)cnc2cc1NC(=O)Nc1ccccc1. The van der Waals surface area contributed by atoms with E-state index >= 15 is 0 Å². The van der Waals surface area contributed by atoms with Crippen LogP contribution in [0.25, 0.3) is 11.2 Å². The highest BCUT2D eigenvalue weighted by Crippen LogP contribution is 2.21. The van der Waals surface area contributed by atoms with Crippen molar-refractivity contribution in [2.45, 2.75) is 6.92 Å². The molecule has 0 aliphatic carbocycles. The molecule has 0 atom stereocenters. The predicted molar refractivity (Wildman–Crippen MR) is 111 cm³/mol. The number of fused-ring (bicyclic) bond motifs is 1. The van der Waals surface area contributed by atoms with Crippen LogP contribution in [0.3, 0.4) is 0 Å². The molecule has 7 heteroatoms. The van der Waals surface area contributed by atoms with Crippen LogP contribution in [0, 0.1) is 6.92 Å². The highest BCUT2D eigenvalue weighted by molar-refractivity contribution is 6.00. The van der Waals surface area contributed by atoms with Crippen molar-refractivity contribution in [3.8, 4) is 0 Å². The molecule has 0 fully saturated rings. The van der Waals surface area contributed by atoms with Crippen LogP contribution in [0.2, 0.25) is 0 Å². The smallest absolute Gasteiger partial charge is 0.323 e. The zero-order valence-corrected chi connectivity index (χ0v) is 15.2. The summed E-state index contributed by atoms with van der Waals surface area (Å²) in [6, 6.07) is 20.4. The quantitative estimate of drug-likeness (QED) is 0.483. The van der Waals surface area contributed by atoms with Crippen LogP contribution >= 0.6 is 0 Å². The van der Waals surface area contributed by atoms with E-state index in [4.69, 9.17) is 0 Å². The molecule has 7 nitrogen and oxygen atoms in total. The summed E-state index contributed by atoms with van der Waals surface area (Å²) < 4.78 is 0. The number of carbonyl (C=O) groups is 1. The van der Waals surface area contributed by atoms with Gasteiger partial charge < -0.3 is 16.0 Å².